The van der Waals surface area contributed by atoms with Gasteiger partial charge in [-0.1, -0.05) is 105 Å². The van der Waals surface area contributed by atoms with Crippen LogP contribution in [-0.2, 0) is 34.6 Å². The van der Waals surface area contributed by atoms with Crippen LogP contribution in [0.15, 0.2) is 95.4 Å². The van der Waals surface area contributed by atoms with Gasteiger partial charge in [-0.15, -0.1) is 26.8 Å². The molecule has 0 spiro atoms. The van der Waals surface area contributed by atoms with Crippen molar-refractivity contribution in [2.45, 2.75) is 115 Å². The van der Waals surface area contributed by atoms with E-state index in [9.17, 15) is 33.0 Å². The number of carbonyl (C=O) groups is 2. The number of terminal acetylenes is 1. The summed E-state index contributed by atoms with van der Waals surface area (Å²) in [5, 5.41) is 44.5. The number of nitrogens with zero attached hydrogens (tertiary/aromatic N) is 17. The van der Waals surface area contributed by atoms with E-state index in [4.69, 9.17) is 32.8 Å². The lowest BCUT2D eigenvalue weighted by molar-refractivity contribution is -0.166. The Balaban J connectivity index is 0.873. The number of hydrogen-bond donors (Lipinski definition) is 4. The van der Waals surface area contributed by atoms with E-state index in [2.05, 4.69) is 84.1 Å². The average molecular weight is 1180 g/mol. The summed E-state index contributed by atoms with van der Waals surface area (Å²) in [6, 6.07) is 17.6. The lowest BCUT2D eigenvalue weighted by Crippen LogP contribution is -2.52. The Morgan fingerprint density at radius 3 is 1.41 bits per heavy atom. The number of aromatic hydroxyl groups is 2. The quantitative estimate of drug-likeness (QED) is 0.0559. The number of phenols is 2. The van der Waals surface area contributed by atoms with Gasteiger partial charge in [0.2, 0.25) is 29.7 Å². The monoisotopic (exact) mass is 1180 g/mol. The molecule has 6 aromatic rings. The fourth-order valence-electron chi connectivity index (χ4n) is 11.4. The summed E-state index contributed by atoms with van der Waals surface area (Å²) < 4.78 is 44.5. The van der Waals surface area contributed by atoms with Gasteiger partial charge in [0.15, 0.2) is 0 Å². The number of alkyl halides is 3. The number of aromatic nitrogens is 9. The van der Waals surface area contributed by atoms with Gasteiger partial charge in [-0.3, -0.25) is 14.5 Å². The predicted molar refractivity (Wildman–Crippen MR) is 315 cm³/mol. The number of nitrogens with two attached hydrogens (primary N) is 2. The molecule has 23 nitrogen and oxygen atoms in total. The second-order valence-electron chi connectivity index (χ2n) is 23.1. The zero-order valence-electron chi connectivity index (χ0n) is 49.0. The standard InChI is InChI=1S/C60H76F3N19O4/c1-6-23-80(36-43-9-15-44(16-10-43)59(71-72-59)60(61,62)63)45-21-24-77(25-22-45)56-66-57(78-30-26-75(27-31-78)54(85)50(34-41-11-17-46(83)18-12-41)81-37-48(69-73-81)52(64)39(4)7-2)68-58(67-56)79-32-28-76(29-33-79)55(86)51(35-42-13-19-47(84)20-14-42)82-38-49(70-74-82)53(65)40(5)8-3/h1,9-20,37-40,45,50-53,83-84H,7-8,21-36,64-65H2,2-5H3/t39-,40-,50-,51-,52-,53-/m0/s1. The van der Waals surface area contributed by atoms with Crippen molar-refractivity contribution in [3.8, 4) is 23.8 Å². The van der Waals surface area contributed by atoms with Gasteiger partial charge in [0.1, 0.15) is 23.6 Å². The maximum atomic E-state index is 14.7. The van der Waals surface area contributed by atoms with E-state index < -0.39 is 23.9 Å². The zero-order chi connectivity index (χ0) is 60.9. The van der Waals surface area contributed by atoms with Crippen molar-refractivity contribution in [2.75, 3.05) is 86.7 Å². The van der Waals surface area contributed by atoms with E-state index in [1.54, 1.807) is 82.4 Å². The summed E-state index contributed by atoms with van der Waals surface area (Å²) in [7, 11) is 0. The highest BCUT2D eigenvalue weighted by Gasteiger charge is 2.65. The Morgan fingerprint density at radius 2 is 1.03 bits per heavy atom. The number of carbonyl (C=O) groups excluding carboxylic acids is 2. The predicted octanol–water partition coefficient (Wildman–Crippen LogP) is 6.11. The Labute approximate surface area is 498 Å². The number of benzene rings is 3. The molecule has 0 bridgehead atoms. The van der Waals surface area contributed by atoms with Crippen molar-refractivity contribution in [3.05, 3.63) is 119 Å². The third-order valence-electron chi connectivity index (χ3n) is 17.5. The number of amides is 2. The number of anilines is 3. The molecule has 0 unspecified atom stereocenters. The molecule has 4 aliphatic rings. The molecule has 10 rings (SSSR count). The number of halogens is 3. The van der Waals surface area contributed by atoms with Crippen LogP contribution in [0.4, 0.5) is 31.0 Å². The highest BCUT2D eigenvalue weighted by atomic mass is 19.4. The highest BCUT2D eigenvalue weighted by molar-refractivity contribution is 5.81. The van der Waals surface area contributed by atoms with Crippen LogP contribution in [0.1, 0.15) is 111 Å². The van der Waals surface area contributed by atoms with E-state index in [0.717, 1.165) is 29.5 Å². The maximum absolute atomic E-state index is 14.7. The SMILES string of the molecule is C#CCN(Cc1ccc(C2(C(F)(F)F)N=N2)cc1)C1CCN(c2nc(N3CCN(C(=O)[C@H](Cc4ccc(O)cc4)n4cc([C@@H](N)[C@@H](C)CC)nn4)CC3)nc(N3CCN(C(=O)[C@H](Cc4ccc(O)cc4)n4cc([C@@H](N)[C@@H](C)CC)nn4)CC3)n2)CC1. The van der Waals surface area contributed by atoms with Gasteiger partial charge in [0.25, 0.3) is 0 Å². The molecule has 3 fully saturated rings. The van der Waals surface area contributed by atoms with E-state index in [0.29, 0.717) is 133 Å². The van der Waals surface area contributed by atoms with Crippen molar-refractivity contribution >= 4 is 29.7 Å². The van der Waals surface area contributed by atoms with Gasteiger partial charge in [0.05, 0.1) is 42.4 Å². The second kappa shape index (κ2) is 26.1. The molecule has 26 heteroatoms. The highest BCUT2D eigenvalue weighted by Crippen LogP contribution is 2.52. The van der Waals surface area contributed by atoms with Crippen LogP contribution in [-0.4, -0.2) is 166 Å². The molecule has 4 aliphatic heterocycles. The molecule has 0 radical (unpaired) electrons. The van der Waals surface area contributed by atoms with E-state index in [-0.39, 0.29) is 58.8 Å². The van der Waals surface area contributed by atoms with E-state index in [1.807, 2.05) is 9.80 Å². The largest absolute Gasteiger partial charge is 0.508 e. The van der Waals surface area contributed by atoms with Crippen LogP contribution in [0.25, 0.3) is 0 Å². The molecule has 7 heterocycles. The molecular weight excluding hydrogens is 1110 g/mol. The van der Waals surface area contributed by atoms with Crippen molar-refractivity contribution in [1.82, 2.24) is 59.6 Å². The number of rotatable bonds is 22. The van der Waals surface area contributed by atoms with Crippen LogP contribution < -0.4 is 26.2 Å². The zero-order valence-corrected chi connectivity index (χ0v) is 49.0. The summed E-state index contributed by atoms with van der Waals surface area (Å²) in [6.45, 7) is 13.2. The molecule has 3 aromatic heterocycles. The van der Waals surface area contributed by atoms with Gasteiger partial charge < -0.3 is 46.2 Å². The molecule has 2 amide bonds. The fraction of sp³-hybridized carbons (Fsp3) is 0.517. The summed E-state index contributed by atoms with van der Waals surface area (Å²) >= 11 is 0. The Bertz CT molecular complexity index is 3170. The lowest BCUT2D eigenvalue weighted by atomic mass is 9.98. The number of hydrogen-bond acceptors (Lipinski definition) is 19. The minimum atomic E-state index is -4.62. The summed E-state index contributed by atoms with van der Waals surface area (Å²) in [5.41, 5.74) is 14.3. The van der Waals surface area contributed by atoms with Crippen LogP contribution in [0.3, 0.4) is 0 Å². The number of piperidine rings is 1. The van der Waals surface area contributed by atoms with Crippen molar-refractivity contribution in [2.24, 2.45) is 33.5 Å². The normalized spacial score (nSPS) is 18.6. The Morgan fingerprint density at radius 1 is 0.640 bits per heavy atom. The molecule has 6 N–H and O–H groups in total. The lowest BCUT2D eigenvalue weighted by Gasteiger charge is -2.40. The first-order chi connectivity index (χ1) is 41.3. The maximum Gasteiger partial charge on any atom is 0.442 e. The summed E-state index contributed by atoms with van der Waals surface area (Å²) in [5.74, 6) is 4.40. The van der Waals surface area contributed by atoms with Gasteiger partial charge in [-0.25, -0.2) is 9.36 Å². The summed E-state index contributed by atoms with van der Waals surface area (Å²) in [6.07, 6.45) is 8.50. The topological polar surface area (TPSA) is 271 Å². The molecule has 3 aromatic carbocycles. The number of piperazine rings is 2. The molecular formula is C60H76F3N19O4. The van der Waals surface area contributed by atoms with Crippen molar-refractivity contribution in [3.63, 3.8) is 0 Å². The van der Waals surface area contributed by atoms with Crippen LogP contribution >= 0.6 is 0 Å². The first-order valence-electron chi connectivity index (χ1n) is 29.6. The smallest absolute Gasteiger partial charge is 0.442 e. The molecule has 456 valence electrons. The van der Waals surface area contributed by atoms with E-state index >= 15 is 0 Å². The third kappa shape index (κ3) is 13.5. The Kier molecular flexibility index (Phi) is 18.5. The third-order valence-corrected chi connectivity index (χ3v) is 17.5. The van der Waals surface area contributed by atoms with Crippen LogP contribution in [0, 0.1) is 24.2 Å². The van der Waals surface area contributed by atoms with Crippen LogP contribution in [0.5, 0.6) is 11.5 Å². The average Bonchev–Trinajstić information content (AvgIpc) is 1.71. The molecule has 0 aliphatic carbocycles. The Hall–Kier alpha value is -8.28. The molecule has 0 saturated carbocycles. The molecule has 3 saturated heterocycles. The first kappa shape index (κ1) is 60.8. The minimum absolute atomic E-state index is 0.0290. The van der Waals surface area contributed by atoms with Gasteiger partial charge in [0, 0.05) is 96.4 Å². The van der Waals surface area contributed by atoms with Crippen LogP contribution in [0.2, 0.25) is 0 Å². The van der Waals surface area contributed by atoms with Gasteiger partial charge in [-0.05, 0) is 65.6 Å². The fourth-order valence-corrected chi connectivity index (χ4v) is 11.4. The van der Waals surface area contributed by atoms with Gasteiger partial charge in [-0.2, -0.15) is 28.1 Å². The molecule has 86 heavy (non-hydrogen) atoms. The summed E-state index contributed by atoms with van der Waals surface area (Å²) in [4.78, 5) is 57.0. The van der Waals surface area contributed by atoms with E-state index in [1.165, 1.54) is 12.1 Å². The van der Waals surface area contributed by atoms with Crippen molar-refractivity contribution in [1.29, 1.82) is 0 Å². The minimum Gasteiger partial charge on any atom is -0.508 e. The van der Waals surface area contributed by atoms with Gasteiger partial charge >= 0.3 is 11.8 Å². The first-order valence-corrected chi connectivity index (χ1v) is 29.6. The van der Waals surface area contributed by atoms with Crippen molar-refractivity contribution < 1.29 is 33.0 Å². The second-order valence-corrected chi connectivity index (χ2v) is 23.1. The molecule has 6 atom stereocenters. The number of phenolic OH excluding ortho intramolecular Hbond substituents is 2.